The van der Waals surface area contributed by atoms with Crippen LogP contribution >= 0.6 is 11.8 Å². The number of hydrogen-bond acceptors (Lipinski definition) is 6. The lowest BCUT2D eigenvalue weighted by atomic mass is 10.3. The SMILES string of the molecule is CSC1CCC(NS(=O)(=O)c2cccnc2NN)C1. The molecule has 1 aromatic rings. The van der Waals surface area contributed by atoms with E-state index in [4.69, 9.17) is 5.84 Å². The highest BCUT2D eigenvalue weighted by Crippen LogP contribution is 2.29. The zero-order valence-corrected chi connectivity index (χ0v) is 12.3. The summed E-state index contributed by atoms with van der Waals surface area (Å²) < 4.78 is 27.4. The van der Waals surface area contributed by atoms with Crippen LogP contribution in [0, 0.1) is 0 Å². The first-order chi connectivity index (χ1) is 9.06. The Morgan fingerprint density at radius 3 is 2.89 bits per heavy atom. The third kappa shape index (κ3) is 3.38. The summed E-state index contributed by atoms with van der Waals surface area (Å²) in [4.78, 5) is 4.00. The standard InChI is InChI=1S/C11H18N4O2S2/c1-18-9-5-4-8(7-9)15-19(16,17)10-3-2-6-13-11(10)14-12/h2-3,6,8-9,15H,4-5,7,12H2,1H3,(H,13,14). The van der Waals surface area contributed by atoms with E-state index in [9.17, 15) is 8.42 Å². The Hall–Kier alpha value is -0.830. The average molecular weight is 302 g/mol. The van der Waals surface area contributed by atoms with Crippen LogP contribution in [0.2, 0.25) is 0 Å². The molecule has 4 N–H and O–H groups in total. The second-order valence-electron chi connectivity index (χ2n) is 4.48. The molecule has 8 heteroatoms. The monoisotopic (exact) mass is 302 g/mol. The predicted molar refractivity (Wildman–Crippen MR) is 77.3 cm³/mol. The van der Waals surface area contributed by atoms with Gasteiger partial charge >= 0.3 is 0 Å². The predicted octanol–water partition coefficient (Wildman–Crippen LogP) is 0.930. The second kappa shape index (κ2) is 6.08. The summed E-state index contributed by atoms with van der Waals surface area (Å²) >= 11 is 1.79. The van der Waals surface area contributed by atoms with Crippen molar-refractivity contribution in [2.45, 2.75) is 35.4 Å². The molecule has 0 bridgehead atoms. The maximum absolute atomic E-state index is 12.3. The maximum atomic E-state index is 12.3. The van der Waals surface area contributed by atoms with E-state index in [1.54, 1.807) is 17.8 Å². The van der Waals surface area contributed by atoms with E-state index in [1.165, 1.54) is 12.3 Å². The number of nitrogens with one attached hydrogen (secondary N) is 2. The Morgan fingerprint density at radius 2 is 2.26 bits per heavy atom. The second-order valence-corrected chi connectivity index (χ2v) is 7.30. The molecule has 0 saturated heterocycles. The van der Waals surface area contributed by atoms with E-state index in [-0.39, 0.29) is 16.8 Å². The van der Waals surface area contributed by atoms with Crippen molar-refractivity contribution in [1.82, 2.24) is 9.71 Å². The van der Waals surface area contributed by atoms with E-state index in [0.717, 1.165) is 19.3 Å². The van der Waals surface area contributed by atoms with Gasteiger partial charge in [0.2, 0.25) is 10.0 Å². The van der Waals surface area contributed by atoms with Crippen molar-refractivity contribution >= 4 is 27.6 Å². The van der Waals surface area contributed by atoms with E-state index in [0.29, 0.717) is 5.25 Å². The molecule has 1 aromatic heterocycles. The molecule has 2 rings (SSSR count). The van der Waals surface area contributed by atoms with Gasteiger partial charge in [-0.25, -0.2) is 24.0 Å². The topological polar surface area (TPSA) is 97.1 Å². The molecular formula is C11H18N4O2S2. The molecule has 1 heterocycles. The zero-order valence-electron chi connectivity index (χ0n) is 10.7. The van der Waals surface area contributed by atoms with Crippen LogP contribution in [0.5, 0.6) is 0 Å². The summed E-state index contributed by atoms with van der Waals surface area (Å²) in [7, 11) is -3.58. The third-order valence-corrected chi connectivity index (χ3v) is 5.88. The van der Waals surface area contributed by atoms with Gasteiger partial charge in [-0.05, 0) is 37.7 Å². The van der Waals surface area contributed by atoms with Crippen LogP contribution < -0.4 is 16.0 Å². The summed E-state index contributed by atoms with van der Waals surface area (Å²) in [5.41, 5.74) is 2.31. The van der Waals surface area contributed by atoms with Crippen LogP contribution in [0.4, 0.5) is 5.82 Å². The molecule has 1 saturated carbocycles. The van der Waals surface area contributed by atoms with E-state index in [2.05, 4.69) is 21.4 Å². The lowest BCUT2D eigenvalue weighted by molar-refractivity contribution is 0.552. The first-order valence-electron chi connectivity index (χ1n) is 6.03. The van der Waals surface area contributed by atoms with Gasteiger partial charge in [-0.1, -0.05) is 0 Å². The number of rotatable bonds is 5. The first-order valence-corrected chi connectivity index (χ1v) is 8.80. The third-order valence-electron chi connectivity index (χ3n) is 3.24. The molecule has 0 spiro atoms. The molecule has 1 aliphatic rings. The molecule has 0 amide bonds. The molecular weight excluding hydrogens is 284 g/mol. The zero-order chi connectivity index (χ0) is 13.9. The maximum Gasteiger partial charge on any atom is 0.244 e. The number of thioether (sulfide) groups is 1. The van der Waals surface area contributed by atoms with E-state index >= 15 is 0 Å². The number of hydrogen-bond donors (Lipinski definition) is 3. The fourth-order valence-electron chi connectivity index (χ4n) is 2.26. The van der Waals surface area contributed by atoms with Crippen molar-refractivity contribution in [3.63, 3.8) is 0 Å². The molecule has 0 radical (unpaired) electrons. The van der Waals surface area contributed by atoms with Gasteiger partial charge in [-0.3, -0.25) is 0 Å². The smallest absolute Gasteiger partial charge is 0.244 e. The summed E-state index contributed by atoms with van der Waals surface area (Å²) in [6.07, 6.45) is 6.33. The molecule has 2 atom stereocenters. The van der Waals surface area contributed by atoms with Crippen LogP contribution in [0.3, 0.4) is 0 Å². The van der Waals surface area contributed by atoms with Crippen LogP contribution in [0.25, 0.3) is 0 Å². The van der Waals surface area contributed by atoms with Crippen LogP contribution in [0.15, 0.2) is 23.2 Å². The van der Waals surface area contributed by atoms with Gasteiger partial charge in [0.1, 0.15) is 4.90 Å². The summed E-state index contributed by atoms with van der Waals surface area (Å²) in [6, 6.07) is 3.06. The van der Waals surface area contributed by atoms with Crippen molar-refractivity contribution < 1.29 is 8.42 Å². The van der Waals surface area contributed by atoms with Crippen molar-refractivity contribution in [3.8, 4) is 0 Å². The number of hydrazine groups is 1. The van der Waals surface area contributed by atoms with Crippen LogP contribution in [-0.4, -0.2) is 30.9 Å². The number of nitrogen functional groups attached to an aromatic ring is 1. The molecule has 1 aliphatic carbocycles. The van der Waals surface area contributed by atoms with Crippen molar-refractivity contribution in [1.29, 1.82) is 0 Å². The minimum Gasteiger partial charge on any atom is -0.307 e. The highest BCUT2D eigenvalue weighted by molar-refractivity contribution is 7.99. The van der Waals surface area contributed by atoms with Crippen LogP contribution in [0.1, 0.15) is 19.3 Å². The van der Waals surface area contributed by atoms with Crippen molar-refractivity contribution in [2.75, 3.05) is 11.7 Å². The molecule has 6 nitrogen and oxygen atoms in total. The molecule has 1 fully saturated rings. The Balaban J connectivity index is 2.15. The largest absolute Gasteiger partial charge is 0.307 e. The first kappa shape index (κ1) is 14.6. The minimum atomic E-state index is -3.58. The molecule has 0 aliphatic heterocycles. The highest BCUT2D eigenvalue weighted by atomic mass is 32.2. The van der Waals surface area contributed by atoms with Crippen molar-refractivity contribution in [2.24, 2.45) is 5.84 Å². The van der Waals surface area contributed by atoms with Gasteiger partial charge in [0, 0.05) is 17.5 Å². The highest BCUT2D eigenvalue weighted by Gasteiger charge is 2.29. The normalized spacial score (nSPS) is 23.5. The lowest BCUT2D eigenvalue weighted by Gasteiger charge is -2.14. The Bertz CT molecular complexity index is 535. The van der Waals surface area contributed by atoms with Gasteiger partial charge in [-0.2, -0.15) is 11.8 Å². The van der Waals surface area contributed by atoms with Gasteiger partial charge in [0.05, 0.1) is 0 Å². The average Bonchev–Trinajstić information content (AvgIpc) is 2.85. The Morgan fingerprint density at radius 1 is 1.47 bits per heavy atom. The number of sulfonamides is 1. The number of nitrogens with two attached hydrogens (primary N) is 1. The lowest BCUT2D eigenvalue weighted by Crippen LogP contribution is -2.34. The summed E-state index contributed by atoms with van der Waals surface area (Å²) in [6.45, 7) is 0. The number of pyridine rings is 1. The van der Waals surface area contributed by atoms with Gasteiger partial charge in [-0.15, -0.1) is 0 Å². The van der Waals surface area contributed by atoms with Gasteiger partial charge in [0.15, 0.2) is 5.82 Å². The van der Waals surface area contributed by atoms with Gasteiger partial charge in [0.25, 0.3) is 0 Å². The van der Waals surface area contributed by atoms with Crippen molar-refractivity contribution in [3.05, 3.63) is 18.3 Å². The fraction of sp³-hybridized carbons (Fsp3) is 0.545. The number of aromatic nitrogens is 1. The fourth-order valence-corrected chi connectivity index (χ4v) is 4.46. The quantitative estimate of drug-likeness (QED) is 0.553. The Labute approximate surface area is 117 Å². The van der Waals surface area contributed by atoms with E-state index < -0.39 is 10.0 Å². The van der Waals surface area contributed by atoms with Gasteiger partial charge < -0.3 is 5.43 Å². The molecule has 0 aromatic carbocycles. The van der Waals surface area contributed by atoms with E-state index in [1.807, 2.05) is 0 Å². The minimum absolute atomic E-state index is 0.00622. The number of nitrogens with zero attached hydrogens (tertiary/aromatic N) is 1. The summed E-state index contributed by atoms with van der Waals surface area (Å²) in [5, 5.41) is 0.536. The molecule has 2 unspecified atom stereocenters. The summed E-state index contributed by atoms with van der Waals surface area (Å²) in [5.74, 6) is 5.45. The number of anilines is 1. The Kier molecular flexibility index (Phi) is 4.67. The van der Waals surface area contributed by atoms with Crippen LogP contribution in [-0.2, 0) is 10.0 Å². The molecule has 106 valence electrons. The molecule has 19 heavy (non-hydrogen) atoms.